The van der Waals surface area contributed by atoms with Gasteiger partial charge in [0.2, 0.25) is 0 Å². The summed E-state index contributed by atoms with van der Waals surface area (Å²) < 4.78 is 0. The Morgan fingerprint density at radius 1 is 0.381 bits per heavy atom. The first-order chi connectivity index (χ1) is 20.5. The summed E-state index contributed by atoms with van der Waals surface area (Å²) in [6.07, 6.45) is 0. The third kappa shape index (κ3) is 3.68. The fourth-order valence-corrected chi connectivity index (χ4v) is 7.49. The minimum absolute atomic E-state index is 0.396. The Labute approximate surface area is 248 Å². The van der Waals surface area contributed by atoms with Gasteiger partial charge in [0.15, 0.2) is 0 Å². The van der Waals surface area contributed by atoms with E-state index in [1.54, 1.807) is 0 Å². The normalized spacial score (nSPS) is 12.2. The first-order valence-electron chi connectivity index (χ1n) is 15.2. The van der Waals surface area contributed by atoms with Gasteiger partial charge in [-0.15, -0.1) is 0 Å². The minimum atomic E-state index is 0.396. The molecule has 0 fully saturated rings. The van der Waals surface area contributed by atoms with Crippen molar-refractivity contribution in [3.63, 3.8) is 0 Å². The molecular formula is C42H34. The minimum Gasteiger partial charge on any atom is -0.0622 e. The van der Waals surface area contributed by atoms with Crippen LogP contribution in [0.1, 0.15) is 50.7 Å². The summed E-state index contributed by atoms with van der Waals surface area (Å²) in [5.41, 5.74) is 13.7. The van der Waals surface area contributed by atoms with Gasteiger partial charge >= 0.3 is 0 Å². The fourth-order valence-electron chi connectivity index (χ4n) is 7.49. The van der Waals surface area contributed by atoms with Crippen molar-refractivity contribution in [2.75, 3.05) is 0 Å². The fraction of sp³-hybridized carbons (Fsp3) is 0.143. The van der Waals surface area contributed by atoms with E-state index >= 15 is 0 Å². The quantitative estimate of drug-likeness (QED) is 0.209. The van der Waals surface area contributed by atoms with Gasteiger partial charge < -0.3 is 0 Å². The molecule has 7 aromatic carbocycles. The maximum atomic E-state index is 2.48. The summed E-state index contributed by atoms with van der Waals surface area (Å²) in [5, 5.41) is 8.07. The Balaban J connectivity index is 1.54. The molecule has 0 amide bonds. The highest BCUT2D eigenvalue weighted by atomic mass is 14.3. The van der Waals surface area contributed by atoms with Crippen LogP contribution in [0.2, 0.25) is 0 Å². The van der Waals surface area contributed by atoms with Crippen molar-refractivity contribution in [2.45, 2.75) is 39.5 Å². The Morgan fingerprint density at radius 2 is 0.881 bits per heavy atom. The lowest BCUT2D eigenvalue weighted by Crippen LogP contribution is -2.01. The molecule has 0 nitrogen and oxygen atoms in total. The third-order valence-electron chi connectivity index (χ3n) is 9.23. The van der Waals surface area contributed by atoms with Gasteiger partial charge in [-0.25, -0.2) is 0 Å². The standard InChI is InChI=1S/C42H34/c1-25(2)38-34-16-10-11-17-35(34)39(26(3)4)42-37-24-32(30-19-18-28-14-8-9-15-29(28)20-30)22-33-21-31(27-12-6-5-7-13-27)23-36(40(33)37)41(38)42/h5-26H,1-4H3. The first kappa shape index (κ1) is 25.1. The summed E-state index contributed by atoms with van der Waals surface area (Å²) >= 11 is 0. The molecule has 0 saturated carbocycles. The molecule has 0 heteroatoms. The van der Waals surface area contributed by atoms with Gasteiger partial charge in [-0.05, 0) is 130 Å². The molecule has 0 atom stereocenters. The predicted molar refractivity (Wildman–Crippen MR) is 182 cm³/mol. The molecule has 0 aromatic heterocycles. The Hall–Kier alpha value is -4.68. The van der Waals surface area contributed by atoms with Gasteiger partial charge in [-0.1, -0.05) is 119 Å². The second-order valence-electron chi connectivity index (χ2n) is 12.5. The van der Waals surface area contributed by atoms with E-state index < -0.39 is 0 Å². The van der Waals surface area contributed by atoms with E-state index in [1.165, 1.54) is 88.0 Å². The van der Waals surface area contributed by atoms with Crippen LogP contribution in [0.5, 0.6) is 0 Å². The Bertz CT molecular complexity index is 2180. The lowest BCUT2D eigenvalue weighted by Gasteiger charge is -2.23. The molecule has 0 N–H and O–H groups in total. The molecule has 0 bridgehead atoms. The number of benzene rings is 7. The van der Waals surface area contributed by atoms with Gasteiger partial charge in [0.1, 0.15) is 0 Å². The van der Waals surface area contributed by atoms with Crippen molar-refractivity contribution >= 4 is 32.3 Å². The van der Waals surface area contributed by atoms with Crippen LogP contribution in [-0.2, 0) is 0 Å². The van der Waals surface area contributed by atoms with Crippen molar-refractivity contribution in [2.24, 2.45) is 0 Å². The van der Waals surface area contributed by atoms with Crippen LogP contribution in [0.25, 0.3) is 76.8 Å². The van der Waals surface area contributed by atoms with E-state index in [4.69, 9.17) is 0 Å². The van der Waals surface area contributed by atoms with E-state index in [0.29, 0.717) is 11.8 Å². The molecule has 8 rings (SSSR count). The summed E-state index contributed by atoms with van der Waals surface area (Å²) in [6, 6.07) is 45.3. The lowest BCUT2D eigenvalue weighted by atomic mass is 9.80. The average molecular weight is 539 g/mol. The largest absolute Gasteiger partial charge is 0.0622 e. The second-order valence-corrected chi connectivity index (χ2v) is 12.5. The number of rotatable bonds is 4. The number of hydrogen-bond donors (Lipinski definition) is 0. The predicted octanol–water partition coefficient (Wildman–Crippen LogP) is 12.4. The molecule has 0 spiro atoms. The van der Waals surface area contributed by atoms with Crippen LogP contribution >= 0.6 is 0 Å². The molecular weight excluding hydrogens is 504 g/mol. The molecule has 0 radical (unpaired) electrons. The van der Waals surface area contributed by atoms with E-state index in [9.17, 15) is 0 Å². The second kappa shape index (κ2) is 9.43. The van der Waals surface area contributed by atoms with Crippen molar-refractivity contribution in [1.82, 2.24) is 0 Å². The molecule has 7 aromatic rings. The maximum absolute atomic E-state index is 2.48. The molecule has 1 aliphatic carbocycles. The number of fused-ring (bicyclic) bond motifs is 5. The summed E-state index contributed by atoms with van der Waals surface area (Å²) in [5.74, 6) is 0.793. The zero-order valence-corrected chi connectivity index (χ0v) is 24.7. The van der Waals surface area contributed by atoms with E-state index in [-0.39, 0.29) is 0 Å². The SMILES string of the molecule is CC(C)c1c2c(c(C(C)C)c3ccccc13)-c1cc(-c3ccc4ccccc4c3)cc3cc(-c4ccccc4)cc-2c13. The average Bonchev–Trinajstić information content (AvgIpc) is 3.33. The van der Waals surface area contributed by atoms with Crippen molar-refractivity contribution in [1.29, 1.82) is 0 Å². The smallest absolute Gasteiger partial charge is 0.00253 e. The highest BCUT2D eigenvalue weighted by molar-refractivity contribution is 6.22. The van der Waals surface area contributed by atoms with Crippen LogP contribution in [0.4, 0.5) is 0 Å². The summed E-state index contributed by atoms with van der Waals surface area (Å²) in [7, 11) is 0. The van der Waals surface area contributed by atoms with Gasteiger partial charge in [0, 0.05) is 0 Å². The van der Waals surface area contributed by atoms with Crippen molar-refractivity contribution < 1.29 is 0 Å². The van der Waals surface area contributed by atoms with E-state index in [0.717, 1.165) is 0 Å². The van der Waals surface area contributed by atoms with E-state index in [1.807, 2.05) is 0 Å². The van der Waals surface area contributed by atoms with Gasteiger partial charge in [0.05, 0.1) is 0 Å². The van der Waals surface area contributed by atoms with Crippen LogP contribution < -0.4 is 0 Å². The van der Waals surface area contributed by atoms with Crippen LogP contribution in [-0.4, -0.2) is 0 Å². The monoisotopic (exact) mass is 538 g/mol. The van der Waals surface area contributed by atoms with Gasteiger partial charge in [-0.3, -0.25) is 0 Å². The first-order valence-corrected chi connectivity index (χ1v) is 15.2. The lowest BCUT2D eigenvalue weighted by molar-refractivity contribution is 0.864. The maximum Gasteiger partial charge on any atom is -0.00253 e. The molecule has 1 aliphatic rings. The molecule has 0 aliphatic heterocycles. The zero-order chi connectivity index (χ0) is 28.5. The highest BCUT2D eigenvalue weighted by Gasteiger charge is 2.32. The van der Waals surface area contributed by atoms with Crippen LogP contribution in [0.3, 0.4) is 0 Å². The molecule has 202 valence electrons. The van der Waals surface area contributed by atoms with E-state index in [2.05, 4.69) is 149 Å². The van der Waals surface area contributed by atoms with Gasteiger partial charge in [-0.2, -0.15) is 0 Å². The van der Waals surface area contributed by atoms with Crippen LogP contribution in [0, 0.1) is 0 Å². The molecule has 0 saturated heterocycles. The topological polar surface area (TPSA) is 0 Å². The van der Waals surface area contributed by atoms with Crippen molar-refractivity contribution in [3.8, 4) is 44.5 Å². The summed E-state index contributed by atoms with van der Waals surface area (Å²) in [6.45, 7) is 9.44. The van der Waals surface area contributed by atoms with Crippen LogP contribution in [0.15, 0.2) is 121 Å². The Kier molecular flexibility index (Phi) is 5.63. The molecule has 0 unspecified atom stereocenters. The molecule has 0 heterocycles. The zero-order valence-electron chi connectivity index (χ0n) is 24.7. The Morgan fingerprint density at radius 3 is 1.48 bits per heavy atom. The van der Waals surface area contributed by atoms with Gasteiger partial charge in [0.25, 0.3) is 0 Å². The third-order valence-corrected chi connectivity index (χ3v) is 9.23. The molecule has 42 heavy (non-hydrogen) atoms. The highest BCUT2D eigenvalue weighted by Crippen LogP contribution is 2.57. The number of hydrogen-bond acceptors (Lipinski definition) is 0. The summed E-state index contributed by atoms with van der Waals surface area (Å²) in [4.78, 5) is 0. The van der Waals surface area contributed by atoms with Crippen molar-refractivity contribution in [3.05, 3.63) is 132 Å².